The SMILES string of the molecule is N#CCCN(CCC#N)CCCOCCOCCOCCCN(CCC#N)CCC#N. The molecule has 0 aliphatic carbocycles. The fraction of sp³-hybridized carbons (Fsp3) is 0.818. The van der Waals surface area contributed by atoms with Crippen LogP contribution in [0.4, 0.5) is 0 Å². The van der Waals surface area contributed by atoms with Crippen molar-refractivity contribution in [3.8, 4) is 24.3 Å². The minimum Gasteiger partial charge on any atom is -0.379 e. The van der Waals surface area contributed by atoms with Crippen LogP contribution in [0.15, 0.2) is 0 Å². The van der Waals surface area contributed by atoms with Gasteiger partial charge in [-0.2, -0.15) is 21.0 Å². The lowest BCUT2D eigenvalue weighted by Crippen LogP contribution is -2.28. The fourth-order valence-electron chi connectivity index (χ4n) is 2.83. The zero-order valence-electron chi connectivity index (χ0n) is 18.6. The Morgan fingerprint density at radius 3 is 1.00 bits per heavy atom. The van der Waals surface area contributed by atoms with Gasteiger partial charge < -0.3 is 24.0 Å². The standard InChI is InChI=1S/C22H36N6O3/c23-7-1-11-27(12-2-8-24)15-5-17-29-19-21-31-22-20-30-18-6-16-28(13-3-9-25)14-4-10-26/h1-6,11-22H2. The third-order valence-electron chi connectivity index (χ3n) is 4.43. The molecule has 0 bridgehead atoms. The second-order valence-corrected chi connectivity index (χ2v) is 6.86. The van der Waals surface area contributed by atoms with Gasteiger partial charge in [0.25, 0.3) is 0 Å². The van der Waals surface area contributed by atoms with Gasteiger partial charge in [0.2, 0.25) is 0 Å². The first-order valence-electron chi connectivity index (χ1n) is 10.9. The van der Waals surface area contributed by atoms with Gasteiger partial charge in [-0.3, -0.25) is 0 Å². The van der Waals surface area contributed by atoms with Crippen LogP contribution in [0.1, 0.15) is 38.5 Å². The Labute approximate surface area is 187 Å². The highest BCUT2D eigenvalue weighted by Crippen LogP contribution is 1.98. The van der Waals surface area contributed by atoms with Gasteiger partial charge in [-0.15, -0.1) is 0 Å². The average Bonchev–Trinajstić information content (AvgIpc) is 2.79. The summed E-state index contributed by atoms with van der Waals surface area (Å²) >= 11 is 0. The zero-order chi connectivity index (χ0) is 22.8. The normalized spacial score (nSPS) is 10.5. The molecule has 31 heavy (non-hydrogen) atoms. The van der Waals surface area contributed by atoms with E-state index in [-0.39, 0.29) is 0 Å². The number of nitrogens with zero attached hydrogens (tertiary/aromatic N) is 6. The molecule has 0 fully saturated rings. The monoisotopic (exact) mass is 432 g/mol. The zero-order valence-corrected chi connectivity index (χ0v) is 18.6. The number of hydrogen-bond donors (Lipinski definition) is 0. The highest BCUT2D eigenvalue weighted by atomic mass is 16.5. The van der Waals surface area contributed by atoms with E-state index in [1.165, 1.54) is 0 Å². The molecule has 0 saturated carbocycles. The largest absolute Gasteiger partial charge is 0.379 e. The van der Waals surface area contributed by atoms with Crippen LogP contribution in [0.25, 0.3) is 0 Å². The van der Waals surface area contributed by atoms with E-state index in [1.54, 1.807) is 0 Å². The summed E-state index contributed by atoms with van der Waals surface area (Å²) in [6.45, 7) is 7.78. The van der Waals surface area contributed by atoms with Crippen LogP contribution in [-0.4, -0.2) is 88.7 Å². The number of hydrogen-bond acceptors (Lipinski definition) is 9. The third kappa shape index (κ3) is 20.8. The first-order valence-corrected chi connectivity index (χ1v) is 10.9. The van der Waals surface area contributed by atoms with E-state index < -0.39 is 0 Å². The summed E-state index contributed by atoms with van der Waals surface area (Å²) in [6.07, 6.45) is 3.62. The quantitative estimate of drug-likeness (QED) is 0.236. The fourth-order valence-corrected chi connectivity index (χ4v) is 2.83. The molecule has 0 saturated heterocycles. The molecule has 0 radical (unpaired) electrons. The molecular weight excluding hydrogens is 396 g/mol. The van der Waals surface area contributed by atoms with E-state index >= 15 is 0 Å². The van der Waals surface area contributed by atoms with E-state index in [0.29, 0.717) is 91.5 Å². The van der Waals surface area contributed by atoms with Crippen molar-refractivity contribution in [1.29, 1.82) is 21.0 Å². The topological polar surface area (TPSA) is 129 Å². The van der Waals surface area contributed by atoms with Gasteiger partial charge >= 0.3 is 0 Å². The molecule has 9 nitrogen and oxygen atoms in total. The van der Waals surface area contributed by atoms with E-state index in [9.17, 15) is 0 Å². The van der Waals surface area contributed by atoms with Crippen LogP contribution in [0.5, 0.6) is 0 Å². The number of nitriles is 4. The minimum absolute atomic E-state index is 0.475. The van der Waals surface area contributed by atoms with Crippen LogP contribution >= 0.6 is 0 Å². The lowest BCUT2D eigenvalue weighted by molar-refractivity contribution is 0.0117. The van der Waals surface area contributed by atoms with Gasteiger partial charge in [0, 0.05) is 78.2 Å². The Hall–Kier alpha value is -2.24. The molecule has 0 rings (SSSR count). The lowest BCUT2D eigenvalue weighted by atomic mass is 10.3. The molecule has 0 spiro atoms. The van der Waals surface area contributed by atoms with Gasteiger partial charge in [-0.1, -0.05) is 0 Å². The lowest BCUT2D eigenvalue weighted by Gasteiger charge is -2.19. The molecule has 0 atom stereocenters. The Kier molecular flexibility index (Phi) is 22.3. The summed E-state index contributed by atoms with van der Waals surface area (Å²) in [5, 5.41) is 34.7. The summed E-state index contributed by atoms with van der Waals surface area (Å²) in [5.74, 6) is 0. The van der Waals surface area contributed by atoms with E-state index in [2.05, 4.69) is 34.1 Å². The van der Waals surface area contributed by atoms with E-state index in [1.807, 2.05) is 0 Å². The van der Waals surface area contributed by atoms with Gasteiger partial charge in [0.05, 0.1) is 50.7 Å². The van der Waals surface area contributed by atoms with Crippen LogP contribution in [0.3, 0.4) is 0 Å². The van der Waals surface area contributed by atoms with Crippen LogP contribution in [0, 0.1) is 45.3 Å². The maximum Gasteiger partial charge on any atom is 0.0701 e. The highest BCUT2D eigenvalue weighted by molar-refractivity contribution is 4.77. The molecule has 0 aromatic rings. The molecule has 0 aliphatic heterocycles. The van der Waals surface area contributed by atoms with Crippen molar-refractivity contribution in [3.63, 3.8) is 0 Å². The Morgan fingerprint density at radius 1 is 0.419 bits per heavy atom. The predicted molar refractivity (Wildman–Crippen MR) is 115 cm³/mol. The molecule has 0 amide bonds. The highest BCUT2D eigenvalue weighted by Gasteiger charge is 2.05. The molecule has 0 aromatic heterocycles. The Balaban J connectivity index is 3.51. The Morgan fingerprint density at radius 2 is 0.710 bits per heavy atom. The maximum absolute atomic E-state index is 8.68. The average molecular weight is 433 g/mol. The van der Waals surface area contributed by atoms with Crippen molar-refractivity contribution in [2.75, 3.05) is 78.9 Å². The number of rotatable bonds is 22. The van der Waals surface area contributed by atoms with Crippen LogP contribution < -0.4 is 0 Å². The summed E-state index contributed by atoms with van der Waals surface area (Å²) in [7, 11) is 0. The van der Waals surface area contributed by atoms with E-state index in [0.717, 1.165) is 25.9 Å². The maximum atomic E-state index is 8.68. The molecule has 0 unspecified atom stereocenters. The van der Waals surface area contributed by atoms with E-state index in [4.69, 9.17) is 35.3 Å². The smallest absolute Gasteiger partial charge is 0.0701 e. The van der Waals surface area contributed by atoms with Crippen molar-refractivity contribution < 1.29 is 14.2 Å². The summed E-state index contributed by atoms with van der Waals surface area (Å²) in [6, 6.07) is 8.54. The third-order valence-corrected chi connectivity index (χ3v) is 4.43. The first kappa shape index (κ1) is 28.8. The van der Waals surface area contributed by atoms with Crippen molar-refractivity contribution in [1.82, 2.24) is 9.80 Å². The summed E-state index contributed by atoms with van der Waals surface area (Å²) < 4.78 is 16.6. The molecule has 0 N–H and O–H groups in total. The van der Waals surface area contributed by atoms with Gasteiger partial charge in [0.1, 0.15) is 0 Å². The molecule has 172 valence electrons. The molecule has 0 heterocycles. The molecule has 0 aliphatic rings. The molecule has 0 aromatic carbocycles. The van der Waals surface area contributed by atoms with Gasteiger partial charge in [0.15, 0.2) is 0 Å². The van der Waals surface area contributed by atoms with Crippen molar-refractivity contribution in [3.05, 3.63) is 0 Å². The second kappa shape index (κ2) is 24.0. The molecular formula is C22H36N6O3. The van der Waals surface area contributed by atoms with Gasteiger partial charge in [-0.25, -0.2) is 0 Å². The van der Waals surface area contributed by atoms with Crippen molar-refractivity contribution >= 4 is 0 Å². The molecule has 9 heteroatoms. The number of ether oxygens (including phenoxy) is 3. The van der Waals surface area contributed by atoms with Gasteiger partial charge in [-0.05, 0) is 12.8 Å². The predicted octanol–water partition coefficient (Wildman–Crippen LogP) is 2.08. The van der Waals surface area contributed by atoms with Crippen LogP contribution in [-0.2, 0) is 14.2 Å². The second-order valence-electron chi connectivity index (χ2n) is 6.86. The van der Waals surface area contributed by atoms with Crippen LogP contribution in [0.2, 0.25) is 0 Å². The Bertz CT molecular complexity index is 490. The van der Waals surface area contributed by atoms with Crippen molar-refractivity contribution in [2.24, 2.45) is 0 Å². The first-order chi connectivity index (χ1) is 15.3. The summed E-state index contributed by atoms with van der Waals surface area (Å²) in [5.41, 5.74) is 0. The van der Waals surface area contributed by atoms with Crippen molar-refractivity contribution in [2.45, 2.75) is 38.5 Å². The minimum atomic E-state index is 0.475. The summed E-state index contributed by atoms with van der Waals surface area (Å²) in [4.78, 5) is 4.24.